The first-order valence-electron chi connectivity index (χ1n) is 10.9. The first-order valence-corrected chi connectivity index (χ1v) is 12.0. The van der Waals surface area contributed by atoms with Gasteiger partial charge in [-0.2, -0.15) is 0 Å². The Kier molecular flexibility index (Phi) is 7.09. The normalized spacial score (nSPS) is 15.8. The van der Waals surface area contributed by atoms with Crippen molar-refractivity contribution >= 4 is 28.7 Å². The Bertz CT molecular complexity index is 1240. The molecule has 2 N–H and O–H groups in total. The highest BCUT2D eigenvalue weighted by atomic mass is 32.2. The molecule has 176 valence electrons. The Morgan fingerprint density at radius 2 is 1.79 bits per heavy atom. The molecular weight excluding hydrogens is 454 g/mol. The number of carbonyl (C=O) groups is 2. The van der Waals surface area contributed by atoms with Crippen molar-refractivity contribution in [3.05, 3.63) is 83.4 Å². The summed E-state index contributed by atoms with van der Waals surface area (Å²) in [7, 11) is 0. The Labute approximate surface area is 200 Å². The lowest BCUT2D eigenvalue weighted by molar-refractivity contribution is -0.139. The summed E-state index contributed by atoms with van der Waals surface area (Å²) in [5.74, 6) is -0.575. The molecule has 4 rings (SSSR count). The number of Topliss-reactive ketones (excluding diaryl/α,β-unsaturated/α-hetero) is 1. The molecule has 0 aromatic heterocycles. The van der Waals surface area contributed by atoms with E-state index in [4.69, 9.17) is 9.84 Å². The van der Waals surface area contributed by atoms with Crippen LogP contribution in [0.4, 0.5) is 5.69 Å². The third-order valence-electron chi connectivity index (χ3n) is 5.96. The molecule has 1 aliphatic rings. The van der Waals surface area contributed by atoms with E-state index in [2.05, 4.69) is 0 Å². The number of aliphatic carboxylic acids is 1. The SMILES string of the molecule is CC(=O)c1cccc(-c2ccc(N(C3CCCc4c(OCC(=O)O)cccc43)S(=O)O)cc2)c1. The van der Waals surface area contributed by atoms with Crippen LogP contribution in [0.3, 0.4) is 0 Å². The van der Waals surface area contributed by atoms with Gasteiger partial charge in [0.25, 0.3) is 11.3 Å². The van der Waals surface area contributed by atoms with Gasteiger partial charge in [-0.1, -0.05) is 42.5 Å². The van der Waals surface area contributed by atoms with Gasteiger partial charge >= 0.3 is 5.97 Å². The van der Waals surface area contributed by atoms with Crippen LogP contribution in [0.1, 0.15) is 47.3 Å². The van der Waals surface area contributed by atoms with Gasteiger partial charge in [-0.15, -0.1) is 0 Å². The number of carboxylic acids is 1. The maximum absolute atomic E-state index is 12.5. The van der Waals surface area contributed by atoms with Crippen LogP contribution in [-0.4, -0.2) is 32.2 Å². The van der Waals surface area contributed by atoms with Gasteiger partial charge in [0.1, 0.15) is 5.75 Å². The predicted octanol–water partition coefficient (Wildman–Crippen LogP) is 5.04. The molecule has 0 saturated carbocycles. The summed E-state index contributed by atoms with van der Waals surface area (Å²) < 4.78 is 29.6. The van der Waals surface area contributed by atoms with E-state index in [1.807, 2.05) is 36.4 Å². The molecule has 34 heavy (non-hydrogen) atoms. The van der Waals surface area contributed by atoms with Gasteiger partial charge in [-0.05, 0) is 72.7 Å². The lowest BCUT2D eigenvalue weighted by Gasteiger charge is -2.35. The zero-order valence-electron chi connectivity index (χ0n) is 18.6. The Morgan fingerprint density at radius 1 is 1.06 bits per heavy atom. The number of fused-ring (bicyclic) bond motifs is 1. The maximum Gasteiger partial charge on any atom is 0.341 e. The number of hydrogen-bond acceptors (Lipinski definition) is 4. The number of ether oxygens (including phenoxy) is 1. The van der Waals surface area contributed by atoms with Crippen LogP contribution >= 0.6 is 0 Å². The quantitative estimate of drug-likeness (QED) is 0.346. The predicted molar refractivity (Wildman–Crippen MR) is 130 cm³/mol. The third kappa shape index (κ3) is 5.03. The summed E-state index contributed by atoms with van der Waals surface area (Å²) in [5, 5.41) is 8.96. The van der Waals surface area contributed by atoms with Crippen LogP contribution in [0.15, 0.2) is 66.7 Å². The largest absolute Gasteiger partial charge is 0.482 e. The van der Waals surface area contributed by atoms with Gasteiger partial charge in [0, 0.05) is 5.56 Å². The lowest BCUT2D eigenvalue weighted by atomic mass is 9.87. The van der Waals surface area contributed by atoms with Crippen molar-refractivity contribution in [2.24, 2.45) is 0 Å². The molecule has 1 aliphatic carbocycles. The summed E-state index contributed by atoms with van der Waals surface area (Å²) in [6, 6.07) is 19.7. The van der Waals surface area contributed by atoms with E-state index in [9.17, 15) is 18.4 Å². The molecule has 0 heterocycles. The summed E-state index contributed by atoms with van der Waals surface area (Å²) in [5.41, 5.74) is 4.72. The maximum atomic E-state index is 12.5. The van der Waals surface area contributed by atoms with E-state index in [0.29, 0.717) is 29.8 Å². The number of benzene rings is 3. The number of ketones is 1. The van der Waals surface area contributed by atoms with Crippen LogP contribution < -0.4 is 9.04 Å². The molecule has 0 fully saturated rings. The van der Waals surface area contributed by atoms with Crippen molar-refractivity contribution in [2.45, 2.75) is 32.2 Å². The lowest BCUT2D eigenvalue weighted by Crippen LogP contribution is -2.33. The fraction of sp³-hybridized carbons (Fsp3) is 0.231. The number of hydrogen-bond donors (Lipinski definition) is 2. The monoisotopic (exact) mass is 479 g/mol. The van der Waals surface area contributed by atoms with Gasteiger partial charge in [0.05, 0.1) is 11.7 Å². The minimum Gasteiger partial charge on any atom is -0.482 e. The molecule has 2 unspecified atom stereocenters. The Hall–Kier alpha value is -3.49. The van der Waals surface area contributed by atoms with Crippen LogP contribution in [0, 0.1) is 0 Å². The van der Waals surface area contributed by atoms with Crippen LogP contribution in [0.2, 0.25) is 0 Å². The van der Waals surface area contributed by atoms with Crippen LogP contribution in [0.25, 0.3) is 11.1 Å². The van der Waals surface area contributed by atoms with Crippen molar-refractivity contribution in [3.63, 3.8) is 0 Å². The zero-order chi connectivity index (χ0) is 24.2. The number of carboxylic acid groups (broad SMARTS) is 1. The average Bonchev–Trinajstić information content (AvgIpc) is 2.83. The van der Waals surface area contributed by atoms with Gasteiger partial charge in [-0.25, -0.2) is 9.00 Å². The number of anilines is 1. The third-order valence-corrected chi connectivity index (χ3v) is 6.76. The molecule has 0 radical (unpaired) electrons. The first kappa shape index (κ1) is 23.7. The number of rotatable bonds is 8. The molecule has 8 heteroatoms. The standard InChI is InChI=1S/C26H25NO6S/c1-17(28)19-5-2-6-20(15-19)18-11-13-21(14-12-18)27(34(31)32)24-9-3-8-23-22(24)7-4-10-25(23)33-16-26(29)30/h2,4-7,10-15,24H,3,8-9,16H2,1H3,(H,29,30)(H,31,32). The van der Waals surface area contributed by atoms with E-state index >= 15 is 0 Å². The number of nitrogens with zero attached hydrogens (tertiary/aromatic N) is 1. The highest BCUT2D eigenvalue weighted by Crippen LogP contribution is 2.41. The van der Waals surface area contributed by atoms with E-state index < -0.39 is 23.8 Å². The summed E-state index contributed by atoms with van der Waals surface area (Å²) in [4.78, 5) is 22.7. The molecule has 0 amide bonds. The summed E-state index contributed by atoms with van der Waals surface area (Å²) in [6.07, 6.45) is 2.15. The van der Waals surface area contributed by atoms with Gasteiger partial charge in [-0.3, -0.25) is 13.7 Å². The molecule has 7 nitrogen and oxygen atoms in total. The van der Waals surface area contributed by atoms with Gasteiger partial charge in [0.2, 0.25) is 0 Å². The van der Waals surface area contributed by atoms with E-state index in [0.717, 1.165) is 28.7 Å². The van der Waals surface area contributed by atoms with Crippen molar-refractivity contribution in [3.8, 4) is 16.9 Å². The topological polar surface area (TPSA) is 104 Å². The molecule has 3 aromatic rings. The van der Waals surface area contributed by atoms with Crippen LogP contribution in [0.5, 0.6) is 5.75 Å². The van der Waals surface area contributed by atoms with Gasteiger partial charge in [0.15, 0.2) is 12.4 Å². The molecule has 0 bridgehead atoms. The van der Waals surface area contributed by atoms with Crippen LogP contribution in [-0.2, 0) is 22.5 Å². The second-order valence-electron chi connectivity index (χ2n) is 8.15. The average molecular weight is 480 g/mol. The first-order chi connectivity index (χ1) is 16.3. The summed E-state index contributed by atoms with van der Waals surface area (Å²) >= 11 is -2.28. The fourth-order valence-electron chi connectivity index (χ4n) is 4.41. The van der Waals surface area contributed by atoms with Crippen molar-refractivity contribution in [1.29, 1.82) is 0 Å². The minimum absolute atomic E-state index is 0.0111. The highest BCUT2D eigenvalue weighted by molar-refractivity contribution is 7.80. The smallest absolute Gasteiger partial charge is 0.341 e. The van der Waals surface area contributed by atoms with E-state index in [1.54, 1.807) is 30.3 Å². The molecule has 0 aliphatic heterocycles. The van der Waals surface area contributed by atoms with Crippen molar-refractivity contribution in [2.75, 3.05) is 10.9 Å². The fourth-order valence-corrected chi connectivity index (χ4v) is 5.14. The Balaban J connectivity index is 1.66. The van der Waals surface area contributed by atoms with E-state index in [-0.39, 0.29) is 11.8 Å². The second kappa shape index (κ2) is 10.2. The molecule has 0 spiro atoms. The van der Waals surface area contributed by atoms with Gasteiger partial charge < -0.3 is 9.84 Å². The Morgan fingerprint density at radius 3 is 2.47 bits per heavy atom. The minimum atomic E-state index is -2.28. The second-order valence-corrected chi connectivity index (χ2v) is 9.01. The molecule has 3 aromatic carbocycles. The molecular formula is C26H25NO6S. The zero-order valence-corrected chi connectivity index (χ0v) is 19.5. The van der Waals surface area contributed by atoms with Crippen molar-refractivity contribution < 1.29 is 28.2 Å². The molecule has 2 atom stereocenters. The van der Waals surface area contributed by atoms with E-state index in [1.165, 1.54) is 11.2 Å². The highest BCUT2D eigenvalue weighted by Gasteiger charge is 2.31. The molecule has 0 saturated heterocycles. The van der Waals surface area contributed by atoms with Crippen molar-refractivity contribution in [1.82, 2.24) is 0 Å². The number of carbonyl (C=O) groups excluding carboxylic acids is 1. The summed E-state index contributed by atoms with van der Waals surface area (Å²) in [6.45, 7) is 1.08.